The van der Waals surface area contributed by atoms with E-state index in [1.165, 1.54) is 11.0 Å². The number of hydrogen-bond acceptors (Lipinski definition) is 3. The highest BCUT2D eigenvalue weighted by atomic mass is 19.4. The van der Waals surface area contributed by atoms with Crippen LogP contribution in [0.3, 0.4) is 0 Å². The Morgan fingerprint density at radius 2 is 1.96 bits per heavy atom. The van der Waals surface area contributed by atoms with Crippen LogP contribution in [0.2, 0.25) is 0 Å². The average molecular weight is 371 g/mol. The maximum absolute atomic E-state index is 13.5. The lowest BCUT2D eigenvalue weighted by Gasteiger charge is -2.30. The molecule has 1 aromatic rings. The summed E-state index contributed by atoms with van der Waals surface area (Å²) in [4.78, 5) is 13.9. The van der Waals surface area contributed by atoms with Crippen molar-refractivity contribution >= 4 is 6.09 Å². The number of hydrogen-bond donors (Lipinski definition) is 0. The number of aryl methyl sites for hydroxylation is 1. The maximum atomic E-state index is 13.5. The van der Waals surface area contributed by atoms with Crippen molar-refractivity contribution in [2.24, 2.45) is 0 Å². The van der Waals surface area contributed by atoms with Crippen molar-refractivity contribution in [1.82, 2.24) is 4.90 Å². The third-order valence-electron chi connectivity index (χ3n) is 4.82. The van der Waals surface area contributed by atoms with Gasteiger partial charge in [-0.3, -0.25) is 0 Å². The van der Waals surface area contributed by atoms with E-state index in [1.54, 1.807) is 20.8 Å². The fraction of sp³-hybridized carbons (Fsp3) is 0.632. The summed E-state index contributed by atoms with van der Waals surface area (Å²) < 4.78 is 51.5. The molecule has 1 aromatic carbocycles. The number of carbonyl (C=O) groups excluding carboxylic acids is 1. The van der Waals surface area contributed by atoms with Crippen molar-refractivity contribution in [1.29, 1.82) is 0 Å². The van der Waals surface area contributed by atoms with Gasteiger partial charge in [-0.05, 0) is 49.9 Å². The summed E-state index contributed by atoms with van der Waals surface area (Å²) in [5, 5.41) is 0. The van der Waals surface area contributed by atoms with E-state index in [4.69, 9.17) is 9.47 Å². The van der Waals surface area contributed by atoms with E-state index >= 15 is 0 Å². The normalized spacial score (nSPS) is 22.8. The van der Waals surface area contributed by atoms with Crippen molar-refractivity contribution in [2.75, 3.05) is 13.1 Å². The summed E-state index contributed by atoms with van der Waals surface area (Å²) in [5.74, 6) is -0.265. The van der Waals surface area contributed by atoms with Gasteiger partial charge in [0.05, 0.1) is 24.8 Å². The first-order chi connectivity index (χ1) is 12.0. The Bertz CT molecular complexity index is 709. The number of likely N-dealkylation sites (tertiary alicyclic amines) is 1. The standard InChI is InChI=1S/C19H24F3NO3/c1-5-11-6-12-13-8-23(17(24)26-18(2,3)4)9-16(13)25-10-14(12)15(7-11)19(20,21)22/h6-7,13,16H,5,8-10H2,1-4H3. The molecule has 144 valence electrons. The molecule has 0 spiro atoms. The topological polar surface area (TPSA) is 38.8 Å². The molecule has 0 radical (unpaired) electrons. The molecule has 1 amide bonds. The van der Waals surface area contributed by atoms with Crippen LogP contribution >= 0.6 is 0 Å². The minimum atomic E-state index is -4.42. The molecule has 2 aliphatic heterocycles. The molecule has 2 atom stereocenters. The third-order valence-corrected chi connectivity index (χ3v) is 4.82. The van der Waals surface area contributed by atoms with Gasteiger partial charge < -0.3 is 14.4 Å². The fourth-order valence-corrected chi connectivity index (χ4v) is 3.61. The van der Waals surface area contributed by atoms with Crippen LogP contribution in [0.25, 0.3) is 0 Å². The highest BCUT2D eigenvalue weighted by Gasteiger charge is 2.45. The predicted octanol–water partition coefficient (Wildman–Crippen LogP) is 4.50. The molecule has 1 fully saturated rings. The number of amides is 1. The number of benzene rings is 1. The van der Waals surface area contributed by atoms with Gasteiger partial charge in [0.1, 0.15) is 5.60 Å². The van der Waals surface area contributed by atoms with Crippen LogP contribution in [0.5, 0.6) is 0 Å². The summed E-state index contributed by atoms with van der Waals surface area (Å²) in [6, 6.07) is 3.05. The van der Waals surface area contributed by atoms with E-state index < -0.39 is 23.4 Å². The van der Waals surface area contributed by atoms with Crippen molar-refractivity contribution in [2.45, 2.75) is 64.5 Å². The number of halogens is 3. The quantitative estimate of drug-likeness (QED) is 0.730. The second kappa shape index (κ2) is 6.44. The van der Waals surface area contributed by atoms with Crippen LogP contribution < -0.4 is 0 Å². The summed E-state index contributed by atoms with van der Waals surface area (Å²) in [6.45, 7) is 7.72. The monoisotopic (exact) mass is 371 g/mol. The van der Waals surface area contributed by atoms with Gasteiger partial charge in [0.2, 0.25) is 0 Å². The third kappa shape index (κ3) is 3.68. The molecule has 2 heterocycles. The average Bonchev–Trinajstić information content (AvgIpc) is 2.96. The first-order valence-electron chi connectivity index (χ1n) is 8.82. The lowest BCUT2D eigenvalue weighted by Crippen LogP contribution is -2.36. The van der Waals surface area contributed by atoms with Crippen LogP contribution in [0, 0.1) is 0 Å². The molecular formula is C19H24F3NO3. The van der Waals surface area contributed by atoms with Gasteiger partial charge >= 0.3 is 12.3 Å². The van der Waals surface area contributed by atoms with E-state index in [1.807, 2.05) is 13.0 Å². The van der Waals surface area contributed by atoms with E-state index in [-0.39, 0.29) is 24.2 Å². The zero-order valence-electron chi connectivity index (χ0n) is 15.4. The van der Waals surface area contributed by atoms with Crippen molar-refractivity contribution in [3.05, 3.63) is 34.4 Å². The van der Waals surface area contributed by atoms with Gasteiger partial charge in [0.15, 0.2) is 0 Å². The van der Waals surface area contributed by atoms with Crippen molar-refractivity contribution < 1.29 is 27.4 Å². The number of rotatable bonds is 1. The Labute approximate surface area is 151 Å². The van der Waals surface area contributed by atoms with Gasteiger partial charge in [-0.1, -0.05) is 13.0 Å². The lowest BCUT2D eigenvalue weighted by molar-refractivity contribution is -0.139. The fourth-order valence-electron chi connectivity index (χ4n) is 3.61. The van der Waals surface area contributed by atoms with Crippen LogP contribution in [-0.2, 0) is 28.7 Å². The van der Waals surface area contributed by atoms with Crippen LogP contribution in [0.15, 0.2) is 12.1 Å². The highest BCUT2D eigenvalue weighted by molar-refractivity contribution is 5.69. The minimum Gasteiger partial charge on any atom is -0.444 e. The molecule has 26 heavy (non-hydrogen) atoms. The Balaban J connectivity index is 1.92. The molecule has 2 unspecified atom stereocenters. The van der Waals surface area contributed by atoms with Gasteiger partial charge in [-0.2, -0.15) is 13.2 Å². The molecule has 0 aliphatic carbocycles. The number of carbonyl (C=O) groups is 1. The highest BCUT2D eigenvalue weighted by Crippen LogP contribution is 2.43. The first kappa shape index (κ1) is 19.0. The summed E-state index contributed by atoms with van der Waals surface area (Å²) in [5.41, 5.74) is 0.247. The number of nitrogens with zero attached hydrogens (tertiary/aromatic N) is 1. The van der Waals surface area contributed by atoms with Crippen LogP contribution in [-0.4, -0.2) is 35.8 Å². The van der Waals surface area contributed by atoms with Gasteiger partial charge in [-0.25, -0.2) is 4.79 Å². The second-order valence-corrected chi connectivity index (χ2v) is 7.90. The largest absolute Gasteiger partial charge is 0.444 e. The van der Waals surface area contributed by atoms with E-state index in [9.17, 15) is 18.0 Å². The zero-order chi connectivity index (χ0) is 19.3. The molecule has 0 N–H and O–H groups in total. The Hall–Kier alpha value is -1.76. The Kier molecular flexibility index (Phi) is 4.71. The lowest BCUT2D eigenvalue weighted by atomic mass is 9.85. The molecule has 7 heteroatoms. The number of alkyl halides is 3. The van der Waals surface area contributed by atoms with Crippen molar-refractivity contribution in [3.63, 3.8) is 0 Å². The summed E-state index contributed by atoms with van der Waals surface area (Å²) >= 11 is 0. The van der Waals surface area contributed by atoms with Crippen LogP contribution in [0.1, 0.15) is 55.9 Å². The molecular weight excluding hydrogens is 347 g/mol. The Morgan fingerprint density at radius 1 is 1.27 bits per heavy atom. The minimum absolute atomic E-state index is 0.0858. The van der Waals surface area contributed by atoms with Gasteiger partial charge in [-0.15, -0.1) is 0 Å². The van der Waals surface area contributed by atoms with Gasteiger partial charge in [0, 0.05) is 12.5 Å². The molecule has 0 bridgehead atoms. The SMILES string of the molecule is CCc1cc2c(c(C(F)(F)F)c1)COC1CN(C(=O)OC(C)(C)C)CC21. The van der Waals surface area contributed by atoms with E-state index in [0.717, 1.165) is 0 Å². The second-order valence-electron chi connectivity index (χ2n) is 7.90. The Morgan fingerprint density at radius 3 is 2.54 bits per heavy atom. The molecule has 1 saturated heterocycles. The molecule has 2 aliphatic rings. The smallest absolute Gasteiger partial charge is 0.416 e. The predicted molar refractivity (Wildman–Crippen MR) is 89.9 cm³/mol. The number of fused-ring (bicyclic) bond motifs is 3. The van der Waals surface area contributed by atoms with E-state index in [2.05, 4.69) is 0 Å². The van der Waals surface area contributed by atoms with E-state index in [0.29, 0.717) is 30.6 Å². The van der Waals surface area contributed by atoms with Gasteiger partial charge in [0.25, 0.3) is 0 Å². The molecule has 3 rings (SSSR count). The first-order valence-corrected chi connectivity index (χ1v) is 8.82. The van der Waals surface area contributed by atoms with Crippen LogP contribution in [0.4, 0.5) is 18.0 Å². The number of ether oxygens (including phenoxy) is 2. The zero-order valence-corrected chi connectivity index (χ0v) is 15.4. The molecule has 0 aromatic heterocycles. The maximum Gasteiger partial charge on any atom is 0.416 e. The molecule has 0 saturated carbocycles. The summed E-state index contributed by atoms with van der Waals surface area (Å²) in [6.07, 6.45) is -4.66. The van der Waals surface area contributed by atoms with Crippen molar-refractivity contribution in [3.8, 4) is 0 Å². The summed E-state index contributed by atoms with van der Waals surface area (Å²) in [7, 11) is 0. The molecule has 4 nitrogen and oxygen atoms in total.